The summed E-state index contributed by atoms with van der Waals surface area (Å²) in [6.45, 7) is 1.73. The number of hydrogen-bond donors (Lipinski definition) is 2. The lowest BCUT2D eigenvalue weighted by atomic mass is 10.0. The average molecular weight is 648 g/mol. The molecule has 0 spiro atoms. The van der Waals surface area contributed by atoms with Crippen molar-refractivity contribution in [2.24, 2.45) is 0 Å². The number of ether oxygens (including phenoxy) is 1. The summed E-state index contributed by atoms with van der Waals surface area (Å²) in [5, 5.41) is 12.7. The van der Waals surface area contributed by atoms with E-state index in [-0.39, 0.29) is 34.0 Å². The molecule has 0 saturated heterocycles. The minimum absolute atomic E-state index is 0.00785. The first-order chi connectivity index (χ1) is 21.3. The number of aliphatic carboxylic acids is 1. The molecule has 8 nitrogen and oxygen atoms in total. The summed E-state index contributed by atoms with van der Waals surface area (Å²) in [7, 11) is 1.36. The number of rotatable bonds is 11. The lowest BCUT2D eigenvalue weighted by molar-refractivity contribution is -0.140. The third-order valence-corrected chi connectivity index (χ3v) is 7.95. The van der Waals surface area contributed by atoms with Gasteiger partial charge in [0.2, 0.25) is 0 Å². The zero-order chi connectivity index (χ0) is 33.1. The van der Waals surface area contributed by atoms with Crippen molar-refractivity contribution < 1.29 is 32.2 Å². The van der Waals surface area contributed by atoms with Crippen molar-refractivity contribution in [2.45, 2.75) is 51.6 Å². The molecule has 0 aliphatic rings. The minimum Gasteiger partial charge on any atom is -0.495 e. The number of methoxy groups -OCH3 is 1. The minimum atomic E-state index is -4.93. The van der Waals surface area contributed by atoms with Crippen LogP contribution in [0.4, 0.5) is 17.6 Å². The Bertz CT molecular complexity index is 1820. The van der Waals surface area contributed by atoms with Gasteiger partial charge in [0.15, 0.2) is 0 Å². The quantitative estimate of drug-likeness (QED) is 0.192. The van der Waals surface area contributed by atoms with E-state index >= 15 is 0 Å². The largest absolute Gasteiger partial charge is 0.495 e. The Kier molecular flexibility index (Phi) is 10.2. The van der Waals surface area contributed by atoms with Crippen LogP contribution >= 0.6 is 11.6 Å². The molecule has 2 atom stereocenters. The number of benzene rings is 3. The number of nitrogens with one attached hydrogen (secondary N) is 1. The van der Waals surface area contributed by atoms with Crippen molar-refractivity contribution in [3.63, 3.8) is 0 Å². The van der Waals surface area contributed by atoms with Crippen LogP contribution in [-0.2, 0) is 24.1 Å². The molecule has 13 heteroatoms. The molecule has 0 radical (unpaired) electrons. The van der Waals surface area contributed by atoms with Crippen molar-refractivity contribution in [3.8, 4) is 16.9 Å². The van der Waals surface area contributed by atoms with E-state index in [1.807, 2.05) is 0 Å². The van der Waals surface area contributed by atoms with Gasteiger partial charge in [-0.05, 0) is 37.1 Å². The topological polar surface area (TPSA) is 103 Å². The Morgan fingerprint density at radius 2 is 1.69 bits per heavy atom. The highest BCUT2D eigenvalue weighted by Crippen LogP contribution is 2.36. The van der Waals surface area contributed by atoms with Crippen LogP contribution in [0.15, 0.2) is 76.3 Å². The first kappa shape index (κ1) is 33.5. The van der Waals surface area contributed by atoms with Gasteiger partial charge in [0.25, 0.3) is 5.56 Å². The number of carboxylic acids is 1. The molecule has 45 heavy (non-hydrogen) atoms. The molecular weight excluding hydrogens is 618 g/mol. The molecule has 238 valence electrons. The lowest BCUT2D eigenvalue weighted by Gasteiger charge is -2.25. The number of alkyl halides is 3. The van der Waals surface area contributed by atoms with E-state index < -0.39 is 65.5 Å². The smallest absolute Gasteiger partial charge is 0.416 e. The fourth-order valence-corrected chi connectivity index (χ4v) is 5.49. The summed E-state index contributed by atoms with van der Waals surface area (Å²) < 4.78 is 63.8. The normalized spacial score (nSPS) is 13.0. The van der Waals surface area contributed by atoms with Crippen LogP contribution in [0.25, 0.3) is 11.1 Å². The number of nitrogens with zero attached hydrogens (tertiary/aromatic N) is 2. The highest BCUT2D eigenvalue weighted by atomic mass is 35.5. The molecule has 4 rings (SSSR count). The third kappa shape index (κ3) is 6.97. The van der Waals surface area contributed by atoms with E-state index in [2.05, 4.69) is 5.32 Å². The summed E-state index contributed by atoms with van der Waals surface area (Å²) in [6, 6.07) is 13.6. The van der Waals surface area contributed by atoms with Crippen molar-refractivity contribution in [1.82, 2.24) is 14.5 Å². The zero-order valence-corrected chi connectivity index (χ0v) is 25.2. The maximum absolute atomic E-state index is 15.0. The van der Waals surface area contributed by atoms with E-state index in [0.717, 1.165) is 21.3 Å². The average Bonchev–Trinajstić information content (AvgIpc) is 3.00. The van der Waals surface area contributed by atoms with Crippen molar-refractivity contribution in [3.05, 3.63) is 121 Å². The van der Waals surface area contributed by atoms with Crippen LogP contribution in [0.3, 0.4) is 0 Å². The maximum atomic E-state index is 15.0. The molecule has 0 aliphatic heterocycles. The summed E-state index contributed by atoms with van der Waals surface area (Å²) in [5.41, 5.74) is -3.44. The Morgan fingerprint density at radius 1 is 1.02 bits per heavy atom. The van der Waals surface area contributed by atoms with Gasteiger partial charge in [-0.3, -0.25) is 24.0 Å². The molecule has 0 fully saturated rings. The zero-order valence-electron chi connectivity index (χ0n) is 24.5. The second kappa shape index (κ2) is 13.7. The van der Waals surface area contributed by atoms with Gasteiger partial charge in [0.05, 0.1) is 42.4 Å². The van der Waals surface area contributed by atoms with Crippen LogP contribution in [0, 0.1) is 12.7 Å². The van der Waals surface area contributed by atoms with Gasteiger partial charge in [-0.2, -0.15) is 13.2 Å². The summed E-state index contributed by atoms with van der Waals surface area (Å²) in [5.74, 6) is -2.15. The fourth-order valence-electron chi connectivity index (χ4n) is 5.19. The predicted octanol–water partition coefficient (Wildman–Crippen LogP) is 6.05. The van der Waals surface area contributed by atoms with Crippen LogP contribution in [-0.4, -0.2) is 33.4 Å². The van der Waals surface area contributed by atoms with E-state index in [9.17, 15) is 37.1 Å². The van der Waals surface area contributed by atoms with Crippen molar-refractivity contribution in [2.75, 3.05) is 7.11 Å². The molecule has 1 heterocycles. The van der Waals surface area contributed by atoms with Crippen LogP contribution in [0.1, 0.15) is 41.8 Å². The van der Waals surface area contributed by atoms with Crippen LogP contribution < -0.4 is 21.3 Å². The van der Waals surface area contributed by atoms with Crippen LogP contribution in [0.2, 0.25) is 5.02 Å². The standard InChI is InChI=1S/C32H30ClF4N3O5/c1-4-24(30(42)43)38-25(19-10-6-5-7-11-19)17-40-29(41)27(20-12-8-15-26(45-3)28(20)33)18(2)39(31(40)44)16-21-22(32(35,36)37)13-9-14-23(21)34/h5-15,24-25,38H,4,16-17H2,1-3H3,(H,42,43)/t24?,25-/m0/s1. The molecule has 2 N–H and O–H groups in total. The van der Waals surface area contributed by atoms with Gasteiger partial charge >= 0.3 is 17.8 Å². The Balaban J connectivity index is 2.02. The molecular formula is C32H30ClF4N3O5. The number of carbonyl (C=O) groups is 1. The number of aromatic nitrogens is 2. The van der Waals surface area contributed by atoms with E-state index in [1.165, 1.54) is 26.2 Å². The number of halogens is 5. The highest BCUT2D eigenvalue weighted by molar-refractivity contribution is 6.34. The fraction of sp³-hybridized carbons (Fsp3) is 0.281. The summed E-state index contributed by atoms with van der Waals surface area (Å²) in [6.07, 6.45) is -4.76. The molecule has 4 aromatic rings. The van der Waals surface area contributed by atoms with Gasteiger partial charge in [0.1, 0.15) is 17.6 Å². The highest BCUT2D eigenvalue weighted by Gasteiger charge is 2.35. The van der Waals surface area contributed by atoms with E-state index in [4.69, 9.17) is 16.3 Å². The van der Waals surface area contributed by atoms with Crippen molar-refractivity contribution >= 4 is 17.6 Å². The molecule has 1 unspecified atom stereocenters. The molecule has 0 saturated carbocycles. The van der Waals surface area contributed by atoms with Gasteiger partial charge in [-0.25, -0.2) is 9.18 Å². The Morgan fingerprint density at radius 3 is 2.29 bits per heavy atom. The lowest BCUT2D eigenvalue weighted by Crippen LogP contribution is -2.47. The monoisotopic (exact) mass is 647 g/mol. The number of carboxylic acid groups (broad SMARTS) is 1. The second-order valence-electron chi connectivity index (χ2n) is 10.3. The summed E-state index contributed by atoms with van der Waals surface area (Å²) in [4.78, 5) is 40.1. The molecule has 3 aromatic carbocycles. The maximum Gasteiger partial charge on any atom is 0.416 e. The van der Waals surface area contributed by atoms with E-state index in [1.54, 1.807) is 43.3 Å². The SMILES string of the molecule is CCC(N[C@@H](Cn1c(=O)c(-c2cccc(OC)c2Cl)c(C)n(Cc2c(F)cccc2C(F)(F)F)c1=O)c1ccccc1)C(=O)O. The molecule has 0 aliphatic carbocycles. The predicted molar refractivity (Wildman–Crippen MR) is 161 cm³/mol. The Labute approximate surface area is 260 Å². The van der Waals surface area contributed by atoms with Crippen molar-refractivity contribution in [1.29, 1.82) is 0 Å². The molecule has 0 bridgehead atoms. The summed E-state index contributed by atoms with van der Waals surface area (Å²) >= 11 is 6.58. The van der Waals surface area contributed by atoms with Crippen LogP contribution in [0.5, 0.6) is 5.75 Å². The van der Waals surface area contributed by atoms with Gasteiger partial charge in [-0.15, -0.1) is 0 Å². The third-order valence-electron chi connectivity index (χ3n) is 7.56. The van der Waals surface area contributed by atoms with Gasteiger partial charge in [-0.1, -0.05) is 67.1 Å². The van der Waals surface area contributed by atoms with Gasteiger partial charge in [0, 0.05) is 16.8 Å². The number of hydrogen-bond acceptors (Lipinski definition) is 5. The second-order valence-corrected chi connectivity index (χ2v) is 10.6. The molecule has 0 amide bonds. The first-order valence-electron chi connectivity index (χ1n) is 13.9. The van der Waals surface area contributed by atoms with Gasteiger partial charge < -0.3 is 9.84 Å². The first-order valence-corrected chi connectivity index (χ1v) is 14.2. The van der Waals surface area contributed by atoms with E-state index in [0.29, 0.717) is 11.6 Å². The Hall–Kier alpha value is -4.42. The molecule has 1 aromatic heterocycles.